The third kappa shape index (κ3) is 3.49. The van der Waals surface area contributed by atoms with E-state index in [9.17, 15) is 9.59 Å². The van der Waals surface area contributed by atoms with E-state index < -0.39 is 12.0 Å². The number of nitrogens with zero attached hydrogens (tertiary/aromatic N) is 1. The molecule has 20 heavy (non-hydrogen) atoms. The Morgan fingerprint density at radius 2 is 2.15 bits per heavy atom. The smallest absolute Gasteiger partial charge is 0.305 e. The molecule has 1 aromatic carbocycles. The van der Waals surface area contributed by atoms with Crippen LogP contribution in [0.15, 0.2) is 24.3 Å². The molecule has 1 saturated heterocycles. The van der Waals surface area contributed by atoms with Gasteiger partial charge in [-0.1, -0.05) is 12.1 Å². The summed E-state index contributed by atoms with van der Waals surface area (Å²) in [5.41, 5.74) is 1.09. The van der Waals surface area contributed by atoms with Gasteiger partial charge in [0.2, 0.25) is 5.91 Å². The number of rotatable bonds is 4. The van der Waals surface area contributed by atoms with Crippen molar-refractivity contribution < 1.29 is 14.7 Å². The van der Waals surface area contributed by atoms with Crippen LogP contribution in [0.1, 0.15) is 24.9 Å². The van der Waals surface area contributed by atoms with Crippen LogP contribution in [0.25, 0.3) is 0 Å². The van der Waals surface area contributed by atoms with Crippen molar-refractivity contribution >= 4 is 34.5 Å². The van der Waals surface area contributed by atoms with Gasteiger partial charge in [0.1, 0.15) is 6.04 Å². The number of amides is 1. The minimum atomic E-state index is -0.952. The summed E-state index contributed by atoms with van der Waals surface area (Å²) >= 11 is 2.24. The summed E-state index contributed by atoms with van der Waals surface area (Å²) < 4.78 is 1.15. The van der Waals surface area contributed by atoms with Gasteiger partial charge in [-0.2, -0.15) is 0 Å². The monoisotopic (exact) mass is 388 g/mol. The van der Waals surface area contributed by atoms with Gasteiger partial charge in [0, 0.05) is 22.7 Å². The molecule has 1 aromatic rings. The van der Waals surface area contributed by atoms with Crippen LogP contribution in [0.4, 0.5) is 0 Å². The van der Waals surface area contributed by atoms with Crippen molar-refractivity contribution in [2.75, 3.05) is 13.1 Å². The maximum Gasteiger partial charge on any atom is 0.305 e. The lowest BCUT2D eigenvalue weighted by atomic mass is 10.0. The molecule has 0 aliphatic carbocycles. The van der Waals surface area contributed by atoms with Crippen molar-refractivity contribution in [3.8, 4) is 0 Å². The maximum atomic E-state index is 11.9. The molecule has 1 aliphatic rings. The summed E-state index contributed by atoms with van der Waals surface area (Å²) in [6.45, 7) is 3.23. The molecule has 2 N–H and O–H groups in total. The van der Waals surface area contributed by atoms with E-state index in [1.807, 2.05) is 36.1 Å². The average molecular weight is 388 g/mol. The largest absolute Gasteiger partial charge is 0.481 e. The van der Waals surface area contributed by atoms with Gasteiger partial charge in [-0.15, -0.1) is 0 Å². The zero-order valence-corrected chi connectivity index (χ0v) is 13.3. The minimum absolute atomic E-state index is 0.0161. The molecule has 1 amide bonds. The van der Waals surface area contributed by atoms with E-state index in [-0.39, 0.29) is 18.4 Å². The number of piperazine rings is 1. The predicted molar refractivity (Wildman–Crippen MR) is 83.3 cm³/mol. The summed E-state index contributed by atoms with van der Waals surface area (Å²) in [6.07, 6.45) is -0.166. The summed E-state index contributed by atoms with van der Waals surface area (Å²) in [5, 5.41) is 11.7. The third-order valence-electron chi connectivity index (χ3n) is 3.59. The molecule has 108 valence electrons. The lowest BCUT2D eigenvalue weighted by Gasteiger charge is -2.38. The molecule has 1 aliphatic heterocycles. The Hall–Kier alpha value is -1.15. The highest BCUT2D eigenvalue weighted by atomic mass is 127. The number of carbonyl (C=O) groups excluding carboxylic acids is 1. The van der Waals surface area contributed by atoms with Gasteiger partial charge >= 0.3 is 5.97 Å². The van der Waals surface area contributed by atoms with Crippen molar-refractivity contribution in [3.63, 3.8) is 0 Å². The topological polar surface area (TPSA) is 69.6 Å². The van der Waals surface area contributed by atoms with Crippen LogP contribution in [-0.4, -0.2) is 41.0 Å². The lowest BCUT2D eigenvalue weighted by molar-refractivity contribution is -0.143. The Bertz CT molecular complexity index is 504. The van der Waals surface area contributed by atoms with Crippen LogP contribution in [-0.2, 0) is 9.59 Å². The highest BCUT2D eigenvalue weighted by Gasteiger charge is 2.34. The molecular weight excluding hydrogens is 371 g/mol. The number of aliphatic carboxylic acids is 1. The number of carboxylic acids is 1. The molecule has 0 spiro atoms. The standard InChI is InChI=1S/C14H17IN2O3/c1-9(10-2-4-11(15)5-3-10)17-7-6-16-14(20)12(17)8-13(18)19/h2-5,9,12H,6-8H2,1H3,(H,16,20)(H,18,19). The molecule has 0 saturated carbocycles. The maximum absolute atomic E-state index is 11.9. The lowest BCUT2D eigenvalue weighted by Crippen LogP contribution is -2.56. The van der Waals surface area contributed by atoms with Gasteiger partial charge in [0.25, 0.3) is 0 Å². The van der Waals surface area contributed by atoms with Gasteiger partial charge < -0.3 is 10.4 Å². The van der Waals surface area contributed by atoms with E-state index >= 15 is 0 Å². The zero-order chi connectivity index (χ0) is 14.7. The van der Waals surface area contributed by atoms with E-state index in [0.29, 0.717) is 13.1 Å². The molecule has 0 radical (unpaired) electrons. The Balaban J connectivity index is 2.20. The number of hydrogen-bond acceptors (Lipinski definition) is 3. The second-order valence-electron chi connectivity index (χ2n) is 4.87. The van der Waals surface area contributed by atoms with E-state index in [1.165, 1.54) is 0 Å². The second-order valence-corrected chi connectivity index (χ2v) is 6.12. The number of nitrogens with one attached hydrogen (secondary N) is 1. The highest BCUT2D eigenvalue weighted by Crippen LogP contribution is 2.25. The summed E-state index contributed by atoms with van der Waals surface area (Å²) in [5.74, 6) is -1.15. The van der Waals surface area contributed by atoms with E-state index in [2.05, 4.69) is 27.9 Å². The molecule has 1 heterocycles. The average Bonchev–Trinajstić information content (AvgIpc) is 2.41. The molecule has 5 nitrogen and oxygen atoms in total. The van der Waals surface area contributed by atoms with Crippen LogP contribution >= 0.6 is 22.6 Å². The van der Waals surface area contributed by atoms with Crippen LogP contribution in [0.5, 0.6) is 0 Å². The molecule has 2 unspecified atom stereocenters. The van der Waals surface area contributed by atoms with Crippen LogP contribution in [0.3, 0.4) is 0 Å². The summed E-state index contributed by atoms with van der Waals surface area (Å²) in [6, 6.07) is 7.50. The molecule has 0 aromatic heterocycles. The van der Waals surface area contributed by atoms with Crippen molar-refractivity contribution in [3.05, 3.63) is 33.4 Å². The quantitative estimate of drug-likeness (QED) is 0.770. The fraction of sp³-hybridized carbons (Fsp3) is 0.429. The number of halogens is 1. The summed E-state index contributed by atoms with van der Waals surface area (Å²) in [4.78, 5) is 24.8. The first-order chi connectivity index (χ1) is 9.49. The van der Waals surface area contributed by atoms with Crippen molar-refractivity contribution in [2.24, 2.45) is 0 Å². The Labute approximate surface area is 131 Å². The first-order valence-corrected chi connectivity index (χ1v) is 7.57. The van der Waals surface area contributed by atoms with Gasteiger partial charge in [0.15, 0.2) is 0 Å². The Morgan fingerprint density at radius 1 is 1.50 bits per heavy atom. The molecule has 2 rings (SSSR count). The highest BCUT2D eigenvalue weighted by molar-refractivity contribution is 14.1. The number of benzene rings is 1. The van der Waals surface area contributed by atoms with Crippen LogP contribution in [0.2, 0.25) is 0 Å². The summed E-state index contributed by atoms with van der Waals surface area (Å²) in [7, 11) is 0. The zero-order valence-electron chi connectivity index (χ0n) is 11.2. The number of carbonyl (C=O) groups is 2. The normalized spacial score (nSPS) is 21.3. The Kier molecular flexibility index (Phi) is 4.98. The fourth-order valence-corrected chi connectivity index (χ4v) is 2.86. The Morgan fingerprint density at radius 3 is 2.75 bits per heavy atom. The second kappa shape index (κ2) is 6.53. The van der Waals surface area contributed by atoms with E-state index in [1.54, 1.807) is 0 Å². The van der Waals surface area contributed by atoms with Gasteiger partial charge in [-0.25, -0.2) is 0 Å². The van der Waals surface area contributed by atoms with E-state index in [4.69, 9.17) is 5.11 Å². The molecule has 2 atom stereocenters. The molecule has 0 bridgehead atoms. The molecule has 1 fully saturated rings. The first-order valence-electron chi connectivity index (χ1n) is 6.49. The molecule has 6 heteroatoms. The number of carboxylic acid groups (broad SMARTS) is 1. The first kappa shape index (κ1) is 15.2. The minimum Gasteiger partial charge on any atom is -0.481 e. The van der Waals surface area contributed by atoms with Crippen LogP contribution < -0.4 is 5.32 Å². The SMILES string of the molecule is CC(c1ccc(I)cc1)N1CCNC(=O)C1CC(=O)O. The number of hydrogen-bond donors (Lipinski definition) is 2. The van der Waals surface area contributed by atoms with Crippen molar-refractivity contribution in [1.29, 1.82) is 0 Å². The van der Waals surface area contributed by atoms with Gasteiger partial charge in [-0.3, -0.25) is 14.5 Å². The van der Waals surface area contributed by atoms with Crippen molar-refractivity contribution in [1.82, 2.24) is 10.2 Å². The third-order valence-corrected chi connectivity index (χ3v) is 4.31. The van der Waals surface area contributed by atoms with Gasteiger partial charge in [-0.05, 0) is 47.2 Å². The predicted octanol–water partition coefficient (Wildman–Crippen LogP) is 1.63. The van der Waals surface area contributed by atoms with Crippen LogP contribution in [0, 0.1) is 3.57 Å². The van der Waals surface area contributed by atoms with E-state index in [0.717, 1.165) is 9.13 Å². The van der Waals surface area contributed by atoms with Gasteiger partial charge in [0.05, 0.1) is 6.42 Å². The fourth-order valence-electron chi connectivity index (χ4n) is 2.50. The van der Waals surface area contributed by atoms with Crippen molar-refractivity contribution in [2.45, 2.75) is 25.4 Å². The molecular formula is C14H17IN2O3.